The van der Waals surface area contributed by atoms with Gasteiger partial charge in [0.25, 0.3) is 0 Å². The number of aromatic nitrogens is 4. The van der Waals surface area contributed by atoms with Gasteiger partial charge < -0.3 is 9.32 Å². The van der Waals surface area contributed by atoms with Crippen LogP contribution in [0.15, 0.2) is 53.1 Å². The zero-order valence-electron chi connectivity index (χ0n) is 15.1. The fourth-order valence-corrected chi connectivity index (χ4v) is 3.60. The summed E-state index contributed by atoms with van der Waals surface area (Å²) in [5.74, 6) is 2.31. The lowest BCUT2D eigenvalue weighted by molar-refractivity contribution is 0.525. The zero-order valence-corrected chi connectivity index (χ0v) is 15.1. The van der Waals surface area contributed by atoms with Crippen LogP contribution >= 0.6 is 0 Å². The lowest BCUT2D eigenvalue weighted by atomic mass is 10.2. The first-order valence-corrected chi connectivity index (χ1v) is 9.15. The molecule has 5 rings (SSSR count). The van der Waals surface area contributed by atoms with Gasteiger partial charge in [-0.1, -0.05) is 18.2 Å². The van der Waals surface area contributed by atoms with E-state index in [1.165, 1.54) is 5.56 Å². The minimum atomic E-state index is 0.555. The molecule has 4 aromatic rings. The van der Waals surface area contributed by atoms with E-state index in [9.17, 15) is 0 Å². The van der Waals surface area contributed by atoms with Crippen LogP contribution in [-0.2, 0) is 19.4 Å². The van der Waals surface area contributed by atoms with Crippen molar-refractivity contribution in [3.8, 4) is 11.5 Å². The number of rotatable bonds is 4. The zero-order chi connectivity index (χ0) is 18.2. The lowest BCUT2D eigenvalue weighted by Gasteiger charge is -2.20. The Morgan fingerprint density at radius 3 is 2.74 bits per heavy atom. The summed E-state index contributed by atoms with van der Waals surface area (Å²) in [4.78, 5) is 20.7. The van der Waals surface area contributed by atoms with Crippen LogP contribution in [0.3, 0.4) is 0 Å². The van der Waals surface area contributed by atoms with E-state index in [4.69, 9.17) is 14.4 Å². The van der Waals surface area contributed by atoms with Gasteiger partial charge in [-0.3, -0.25) is 4.98 Å². The largest absolute Gasteiger partial charge is 0.439 e. The molecule has 0 bridgehead atoms. The minimum absolute atomic E-state index is 0.555. The Kier molecular flexibility index (Phi) is 3.81. The molecule has 0 spiro atoms. The summed E-state index contributed by atoms with van der Waals surface area (Å²) < 4.78 is 5.89. The highest BCUT2D eigenvalue weighted by atomic mass is 16.3. The van der Waals surface area contributed by atoms with Crippen molar-refractivity contribution in [1.29, 1.82) is 0 Å². The molecule has 0 N–H and O–H groups in total. The van der Waals surface area contributed by atoms with Crippen LogP contribution in [0.2, 0.25) is 0 Å². The summed E-state index contributed by atoms with van der Waals surface area (Å²) in [6.45, 7) is 0.555. The Hall–Kier alpha value is -3.28. The Balaban J connectivity index is 1.52. The second-order valence-electron chi connectivity index (χ2n) is 6.80. The Morgan fingerprint density at radius 2 is 1.89 bits per heavy atom. The molecule has 134 valence electrons. The highest BCUT2D eigenvalue weighted by molar-refractivity contribution is 5.72. The van der Waals surface area contributed by atoms with Crippen LogP contribution < -0.4 is 4.90 Å². The van der Waals surface area contributed by atoms with Crippen LogP contribution in [0.4, 0.5) is 5.82 Å². The molecule has 3 heterocycles. The van der Waals surface area contributed by atoms with Gasteiger partial charge in [-0.15, -0.1) is 0 Å². The van der Waals surface area contributed by atoms with Crippen molar-refractivity contribution in [2.45, 2.75) is 25.8 Å². The van der Waals surface area contributed by atoms with Crippen molar-refractivity contribution in [2.24, 2.45) is 0 Å². The molecule has 1 aliphatic carbocycles. The molecule has 3 aromatic heterocycles. The van der Waals surface area contributed by atoms with Gasteiger partial charge in [0.2, 0.25) is 5.89 Å². The predicted octanol–water partition coefficient (Wildman–Crippen LogP) is 3.80. The van der Waals surface area contributed by atoms with E-state index in [2.05, 4.69) is 14.9 Å². The Bertz CT molecular complexity index is 1070. The van der Waals surface area contributed by atoms with Gasteiger partial charge in [0.05, 0.1) is 6.54 Å². The molecule has 0 saturated carbocycles. The van der Waals surface area contributed by atoms with E-state index in [-0.39, 0.29) is 0 Å². The first kappa shape index (κ1) is 15.9. The molecule has 0 fully saturated rings. The van der Waals surface area contributed by atoms with Gasteiger partial charge in [0, 0.05) is 24.5 Å². The quantitative estimate of drug-likeness (QED) is 0.553. The van der Waals surface area contributed by atoms with Crippen molar-refractivity contribution in [3.05, 3.63) is 65.8 Å². The van der Waals surface area contributed by atoms with Crippen LogP contribution in [-0.4, -0.2) is 27.0 Å². The van der Waals surface area contributed by atoms with Gasteiger partial charge >= 0.3 is 0 Å². The number of benzene rings is 1. The first-order valence-electron chi connectivity index (χ1n) is 9.15. The molecule has 6 heteroatoms. The predicted molar refractivity (Wildman–Crippen MR) is 103 cm³/mol. The molecule has 0 aliphatic heterocycles. The number of fused-ring (bicyclic) bond motifs is 2. The highest BCUT2D eigenvalue weighted by Gasteiger charge is 2.23. The van der Waals surface area contributed by atoms with E-state index in [1.807, 2.05) is 49.5 Å². The first-order chi connectivity index (χ1) is 13.3. The van der Waals surface area contributed by atoms with Crippen LogP contribution in [0, 0.1) is 0 Å². The molecular weight excluding hydrogens is 338 g/mol. The molecule has 0 amide bonds. The second-order valence-corrected chi connectivity index (χ2v) is 6.80. The molecular formula is C21H19N5O. The van der Waals surface area contributed by atoms with Crippen LogP contribution in [0.1, 0.15) is 23.6 Å². The summed E-state index contributed by atoms with van der Waals surface area (Å²) in [6, 6.07) is 13.6. The average Bonchev–Trinajstić information content (AvgIpc) is 3.33. The number of para-hydroxylation sites is 2. The van der Waals surface area contributed by atoms with E-state index >= 15 is 0 Å². The third-order valence-corrected chi connectivity index (χ3v) is 4.88. The van der Waals surface area contributed by atoms with E-state index < -0.39 is 0 Å². The van der Waals surface area contributed by atoms with Crippen molar-refractivity contribution in [3.63, 3.8) is 0 Å². The van der Waals surface area contributed by atoms with Crippen molar-refractivity contribution >= 4 is 16.9 Å². The topological polar surface area (TPSA) is 67.9 Å². The summed E-state index contributed by atoms with van der Waals surface area (Å²) >= 11 is 0. The molecule has 1 aromatic carbocycles. The molecule has 0 atom stereocenters. The molecule has 0 radical (unpaired) electrons. The number of aryl methyl sites for hydroxylation is 1. The number of oxazole rings is 1. The second kappa shape index (κ2) is 6.46. The monoisotopic (exact) mass is 357 g/mol. The van der Waals surface area contributed by atoms with Crippen molar-refractivity contribution in [2.75, 3.05) is 11.9 Å². The molecule has 27 heavy (non-hydrogen) atoms. The summed E-state index contributed by atoms with van der Waals surface area (Å²) in [6.07, 6.45) is 4.87. The van der Waals surface area contributed by atoms with Gasteiger partial charge in [0.1, 0.15) is 17.0 Å². The molecule has 0 saturated heterocycles. The Morgan fingerprint density at radius 1 is 1.00 bits per heavy atom. The maximum atomic E-state index is 5.89. The minimum Gasteiger partial charge on any atom is -0.439 e. The number of pyridine rings is 1. The SMILES string of the molecule is CN(Cc1nc2ccccc2o1)c1nc(-c2ccccn2)nc2c1CCC2. The summed E-state index contributed by atoms with van der Waals surface area (Å²) in [5.41, 5.74) is 4.84. The third kappa shape index (κ3) is 2.93. The van der Waals surface area contributed by atoms with E-state index in [0.717, 1.165) is 47.6 Å². The number of hydrogen-bond donors (Lipinski definition) is 0. The number of nitrogens with zero attached hydrogens (tertiary/aromatic N) is 5. The number of anilines is 1. The lowest BCUT2D eigenvalue weighted by Crippen LogP contribution is -2.20. The molecule has 6 nitrogen and oxygen atoms in total. The van der Waals surface area contributed by atoms with Crippen molar-refractivity contribution < 1.29 is 4.42 Å². The smallest absolute Gasteiger partial charge is 0.215 e. The molecule has 1 aliphatic rings. The molecule has 0 unspecified atom stereocenters. The van der Waals surface area contributed by atoms with Gasteiger partial charge in [0.15, 0.2) is 11.4 Å². The summed E-state index contributed by atoms with van der Waals surface area (Å²) in [5, 5.41) is 0. The standard InChI is InChI=1S/C21H19N5O/c1-26(13-19-23-16-8-2-3-11-18(16)27-19)21-14-7-6-10-15(14)24-20(25-21)17-9-4-5-12-22-17/h2-5,8-9,11-12H,6-7,10,13H2,1H3. The van der Waals surface area contributed by atoms with E-state index in [1.54, 1.807) is 6.20 Å². The van der Waals surface area contributed by atoms with Crippen LogP contribution in [0.25, 0.3) is 22.6 Å². The maximum Gasteiger partial charge on any atom is 0.215 e. The highest BCUT2D eigenvalue weighted by Crippen LogP contribution is 2.31. The third-order valence-electron chi connectivity index (χ3n) is 4.88. The fourth-order valence-electron chi connectivity index (χ4n) is 3.60. The van der Waals surface area contributed by atoms with Gasteiger partial charge in [-0.2, -0.15) is 0 Å². The van der Waals surface area contributed by atoms with Crippen molar-refractivity contribution in [1.82, 2.24) is 19.9 Å². The fraction of sp³-hybridized carbons (Fsp3) is 0.238. The Labute approximate surface area is 156 Å². The average molecular weight is 357 g/mol. The van der Waals surface area contributed by atoms with Gasteiger partial charge in [-0.05, 0) is 43.5 Å². The maximum absolute atomic E-state index is 5.89. The normalized spacial score (nSPS) is 13.1. The van der Waals surface area contributed by atoms with E-state index in [0.29, 0.717) is 18.3 Å². The van der Waals surface area contributed by atoms with Gasteiger partial charge in [-0.25, -0.2) is 15.0 Å². The number of hydrogen-bond acceptors (Lipinski definition) is 6. The summed E-state index contributed by atoms with van der Waals surface area (Å²) in [7, 11) is 2.03. The van der Waals surface area contributed by atoms with Crippen LogP contribution in [0.5, 0.6) is 0 Å².